The fraction of sp³-hybridized carbons (Fsp3) is 1.00. The first-order valence-corrected chi connectivity index (χ1v) is 7.22. The summed E-state index contributed by atoms with van der Waals surface area (Å²) in [4.78, 5) is 2.24. The van der Waals surface area contributed by atoms with Gasteiger partial charge >= 0.3 is 0 Å². The number of thiol groups is 1. The number of thioether (sulfide) groups is 1. The molecule has 0 aromatic rings. The van der Waals surface area contributed by atoms with Crippen molar-refractivity contribution in [2.24, 2.45) is 5.41 Å². The smallest absolute Gasteiger partial charge is 0.00662 e. The Balaban J connectivity index is 3.71. The molecule has 0 N–H and O–H groups in total. The van der Waals surface area contributed by atoms with Gasteiger partial charge < -0.3 is 4.90 Å². The predicted octanol–water partition coefficient (Wildman–Crippen LogP) is 3.02. The number of hydrogen-bond acceptors (Lipinski definition) is 3. The fourth-order valence-corrected chi connectivity index (χ4v) is 3.55. The number of rotatable bonds is 8. The molecule has 0 spiro atoms. The number of hydrogen-bond donors (Lipinski definition) is 1. The molecule has 0 radical (unpaired) electrons. The van der Waals surface area contributed by atoms with E-state index in [9.17, 15) is 0 Å². The molecule has 0 aromatic heterocycles. The van der Waals surface area contributed by atoms with Gasteiger partial charge in [-0.15, -0.1) is 0 Å². The van der Waals surface area contributed by atoms with Gasteiger partial charge in [-0.25, -0.2) is 0 Å². The Morgan fingerprint density at radius 2 is 1.79 bits per heavy atom. The zero-order valence-corrected chi connectivity index (χ0v) is 11.8. The van der Waals surface area contributed by atoms with Crippen molar-refractivity contribution in [2.45, 2.75) is 26.7 Å². The summed E-state index contributed by atoms with van der Waals surface area (Å²) in [7, 11) is 4.26. The maximum Gasteiger partial charge on any atom is 0.00662 e. The van der Waals surface area contributed by atoms with Gasteiger partial charge in [0.2, 0.25) is 0 Å². The van der Waals surface area contributed by atoms with Crippen molar-refractivity contribution in [3.63, 3.8) is 0 Å². The average Bonchev–Trinajstić information content (AvgIpc) is 2.19. The summed E-state index contributed by atoms with van der Waals surface area (Å²) in [5, 5.41) is 0. The van der Waals surface area contributed by atoms with Gasteiger partial charge in [0.15, 0.2) is 0 Å². The summed E-state index contributed by atoms with van der Waals surface area (Å²) >= 11 is 6.55. The van der Waals surface area contributed by atoms with Crippen LogP contribution in [-0.4, -0.2) is 42.8 Å². The highest BCUT2D eigenvalue weighted by Crippen LogP contribution is 2.31. The summed E-state index contributed by atoms with van der Waals surface area (Å²) in [6, 6.07) is 0. The first-order chi connectivity index (χ1) is 6.60. The van der Waals surface area contributed by atoms with Crippen molar-refractivity contribution in [1.82, 2.24) is 4.90 Å². The zero-order valence-electron chi connectivity index (χ0n) is 10.0. The van der Waals surface area contributed by atoms with Gasteiger partial charge in [0.1, 0.15) is 0 Å². The van der Waals surface area contributed by atoms with E-state index in [1.165, 1.54) is 30.9 Å². The van der Waals surface area contributed by atoms with Gasteiger partial charge in [0.25, 0.3) is 0 Å². The van der Waals surface area contributed by atoms with E-state index in [0.717, 1.165) is 5.75 Å². The molecule has 0 fully saturated rings. The van der Waals surface area contributed by atoms with E-state index in [1.807, 2.05) is 0 Å². The summed E-state index contributed by atoms with van der Waals surface area (Å²) in [6.45, 7) is 5.75. The van der Waals surface area contributed by atoms with Crippen LogP contribution in [0.15, 0.2) is 0 Å². The third-order valence-corrected chi connectivity index (χ3v) is 4.89. The average molecular weight is 235 g/mol. The quantitative estimate of drug-likeness (QED) is 0.509. The minimum absolute atomic E-state index is 0.472. The molecule has 0 aliphatic carbocycles. The molecule has 0 atom stereocenters. The Labute approximate surface area is 99.4 Å². The summed E-state index contributed by atoms with van der Waals surface area (Å²) in [6.07, 6.45) is 2.50. The van der Waals surface area contributed by atoms with Crippen molar-refractivity contribution in [3.05, 3.63) is 0 Å². The summed E-state index contributed by atoms with van der Waals surface area (Å²) < 4.78 is 0. The second-order valence-corrected chi connectivity index (χ2v) is 5.64. The van der Waals surface area contributed by atoms with E-state index >= 15 is 0 Å². The molecular weight excluding hydrogens is 210 g/mol. The topological polar surface area (TPSA) is 3.24 Å². The van der Waals surface area contributed by atoms with Crippen LogP contribution >= 0.6 is 24.4 Å². The normalized spacial score (nSPS) is 12.4. The molecule has 0 aliphatic heterocycles. The third-order valence-electron chi connectivity index (χ3n) is 2.93. The molecule has 0 unspecified atom stereocenters. The van der Waals surface area contributed by atoms with Crippen molar-refractivity contribution < 1.29 is 0 Å². The van der Waals surface area contributed by atoms with Crippen LogP contribution in [0.5, 0.6) is 0 Å². The predicted molar refractivity (Wildman–Crippen MR) is 72.7 cm³/mol. The van der Waals surface area contributed by atoms with Crippen molar-refractivity contribution in [2.75, 3.05) is 37.9 Å². The molecule has 0 bridgehead atoms. The molecule has 1 nitrogen and oxygen atoms in total. The second kappa shape index (κ2) is 7.89. The largest absolute Gasteiger partial charge is 0.309 e. The molecular formula is C11H25NS2. The second-order valence-electron chi connectivity index (χ2n) is 4.22. The van der Waals surface area contributed by atoms with E-state index in [1.54, 1.807) is 0 Å². The zero-order chi connectivity index (χ0) is 11.0. The number of nitrogens with zero attached hydrogens (tertiary/aromatic N) is 1. The standard InChI is InChI=1S/C11H25NS2/c1-5-11(6-2,9-13)10-14-8-7-12(3)4/h13H,5-10H2,1-4H3. The van der Waals surface area contributed by atoms with Crippen LogP contribution in [-0.2, 0) is 0 Å². The molecule has 14 heavy (non-hydrogen) atoms. The molecule has 0 saturated heterocycles. The lowest BCUT2D eigenvalue weighted by molar-refractivity contribution is 0.357. The lowest BCUT2D eigenvalue weighted by Crippen LogP contribution is -2.25. The molecule has 0 rings (SSSR count). The Hall–Kier alpha value is 0.660. The van der Waals surface area contributed by atoms with Crippen molar-refractivity contribution in [3.8, 4) is 0 Å². The first kappa shape index (κ1) is 14.7. The first-order valence-electron chi connectivity index (χ1n) is 5.43. The third kappa shape index (κ3) is 5.52. The minimum atomic E-state index is 0.472. The van der Waals surface area contributed by atoms with Gasteiger partial charge in [-0.3, -0.25) is 0 Å². The van der Waals surface area contributed by atoms with E-state index in [0.29, 0.717) is 5.41 Å². The van der Waals surface area contributed by atoms with E-state index in [-0.39, 0.29) is 0 Å². The van der Waals surface area contributed by atoms with Crippen LogP contribution in [0.3, 0.4) is 0 Å². The maximum atomic E-state index is 4.48. The lowest BCUT2D eigenvalue weighted by atomic mass is 9.87. The van der Waals surface area contributed by atoms with Crippen LogP contribution in [0.25, 0.3) is 0 Å². The Bertz CT molecular complexity index is 125. The fourth-order valence-electron chi connectivity index (χ4n) is 1.26. The van der Waals surface area contributed by atoms with E-state index in [2.05, 4.69) is 57.2 Å². The Kier molecular flexibility index (Phi) is 8.26. The highest BCUT2D eigenvalue weighted by Gasteiger charge is 2.23. The van der Waals surface area contributed by atoms with Crippen LogP contribution in [0.4, 0.5) is 0 Å². The minimum Gasteiger partial charge on any atom is -0.309 e. The maximum absolute atomic E-state index is 4.48. The summed E-state index contributed by atoms with van der Waals surface area (Å²) in [5.74, 6) is 3.52. The van der Waals surface area contributed by atoms with Crippen LogP contribution in [0.2, 0.25) is 0 Å². The van der Waals surface area contributed by atoms with Gasteiger partial charge in [-0.1, -0.05) is 13.8 Å². The van der Waals surface area contributed by atoms with Crippen LogP contribution in [0, 0.1) is 5.41 Å². The molecule has 3 heteroatoms. The molecule has 86 valence electrons. The monoisotopic (exact) mass is 235 g/mol. The van der Waals surface area contributed by atoms with E-state index < -0.39 is 0 Å². The lowest BCUT2D eigenvalue weighted by Gasteiger charge is -2.29. The molecule has 0 aliphatic rings. The van der Waals surface area contributed by atoms with Crippen LogP contribution < -0.4 is 0 Å². The van der Waals surface area contributed by atoms with Crippen molar-refractivity contribution in [1.29, 1.82) is 0 Å². The van der Waals surface area contributed by atoms with Gasteiger partial charge in [0, 0.05) is 12.3 Å². The highest BCUT2D eigenvalue weighted by molar-refractivity contribution is 7.99. The molecule has 0 amide bonds. The molecule has 0 aromatic carbocycles. The van der Waals surface area contributed by atoms with Crippen molar-refractivity contribution >= 4 is 24.4 Å². The highest BCUT2D eigenvalue weighted by atomic mass is 32.2. The van der Waals surface area contributed by atoms with Crippen LogP contribution in [0.1, 0.15) is 26.7 Å². The molecule has 0 saturated carbocycles. The Morgan fingerprint density at radius 1 is 1.21 bits per heavy atom. The SMILES string of the molecule is CCC(CC)(CS)CSCCN(C)C. The van der Waals surface area contributed by atoms with Gasteiger partial charge in [0.05, 0.1) is 0 Å². The Morgan fingerprint density at radius 3 is 2.14 bits per heavy atom. The van der Waals surface area contributed by atoms with Gasteiger partial charge in [-0.05, 0) is 43.9 Å². The van der Waals surface area contributed by atoms with E-state index in [4.69, 9.17) is 0 Å². The summed E-state index contributed by atoms with van der Waals surface area (Å²) in [5.41, 5.74) is 0.472. The molecule has 0 heterocycles. The van der Waals surface area contributed by atoms with Gasteiger partial charge in [-0.2, -0.15) is 24.4 Å².